The van der Waals surface area contributed by atoms with Gasteiger partial charge in [-0.3, -0.25) is 10.1 Å². The molecule has 0 saturated carbocycles. The molecule has 94 valence electrons. The molecule has 0 unspecified atom stereocenters. The minimum atomic E-state index is -0.495. The van der Waals surface area contributed by atoms with E-state index < -0.39 is 4.92 Å². The van der Waals surface area contributed by atoms with E-state index in [4.69, 9.17) is 5.73 Å². The third kappa shape index (κ3) is 3.60. The number of aliphatic hydroxyl groups is 1. The van der Waals surface area contributed by atoms with Crippen molar-refractivity contribution in [3.8, 4) is 0 Å². The van der Waals surface area contributed by atoms with Gasteiger partial charge in [-0.05, 0) is 12.0 Å². The van der Waals surface area contributed by atoms with E-state index in [1.165, 1.54) is 12.1 Å². The Balaban J connectivity index is 2.94. The second-order valence-electron chi connectivity index (χ2n) is 4.25. The number of rotatable bonds is 5. The van der Waals surface area contributed by atoms with Crippen molar-refractivity contribution in [1.82, 2.24) is 0 Å². The fourth-order valence-corrected chi connectivity index (χ4v) is 1.46. The number of nitro benzene ring substituents is 1. The van der Waals surface area contributed by atoms with Gasteiger partial charge in [0.25, 0.3) is 5.69 Å². The van der Waals surface area contributed by atoms with Crippen molar-refractivity contribution in [2.75, 3.05) is 17.7 Å². The number of hydrogen-bond donors (Lipinski definition) is 3. The predicted octanol–water partition coefficient (Wildman–Crippen LogP) is 1.61. The maximum absolute atomic E-state index is 10.7. The zero-order valence-electron chi connectivity index (χ0n) is 9.88. The highest BCUT2D eigenvalue weighted by Crippen LogP contribution is 2.23. The minimum absolute atomic E-state index is 0.0414. The quantitative estimate of drug-likeness (QED) is 0.411. The van der Waals surface area contributed by atoms with Crippen molar-refractivity contribution in [1.29, 1.82) is 0 Å². The highest BCUT2D eigenvalue weighted by atomic mass is 16.6. The van der Waals surface area contributed by atoms with Crippen molar-refractivity contribution in [3.05, 3.63) is 28.3 Å². The van der Waals surface area contributed by atoms with E-state index in [2.05, 4.69) is 5.32 Å². The van der Waals surface area contributed by atoms with Crippen molar-refractivity contribution in [2.45, 2.75) is 19.9 Å². The lowest BCUT2D eigenvalue weighted by Crippen LogP contribution is -2.29. The molecule has 1 atom stereocenters. The molecule has 0 aliphatic heterocycles. The number of nitrogens with one attached hydrogen (secondary N) is 1. The Morgan fingerprint density at radius 3 is 2.59 bits per heavy atom. The molecule has 1 rings (SSSR count). The molecule has 4 N–H and O–H groups in total. The van der Waals surface area contributed by atoms with Crippen molar-refractivity contribution in [2.24, 2.45) is 5.92 Å². The molecule has 0 radical (unpaired) electrons. The smallest absolute Gasteiger partial charge is 0.273 e. The molecule has 0 aliphatic rings. The van der Waals surface area contributed by atoms with E-state index in [1.54, 1.807) is 6.07 Å². The Hall–Kier alpha value is -1.82. The third-order valence-corrected chi connectivity index (χ3v) is 2.50. The van der Waals surface area contributed by atoms with E-state index >= 15 is 0 Å². The second kappa shape index (κ2) is 5.49. The van der Waals surface area contributed by atoms with Gasteiger partial charge in [-0.15, -0.1) is 0 Å². The third-order valence-electron chi connectivity index (χ3n) is 2.50. The minimum Gasteiger partial charge on any atom is -0.398 e. The van der Waals surface area contributed by atoms with E-state index in [0.717, 1.165) is 0 Å². The van der Waals surface area contributed by atoms with Gasteiger partial charge in [-0.1, -0.05) is 13.8 Å². The molecule has 6 heteroatoms. The van der Waals surface area contributed by atoms with E-state index in [9.17, 15) is 15.2 Å². The number of nitrogen functional groups attached to an aromatic ring is 1. The molecular formula is C11H17N3O3. The highest BCUT2D eigenvalue weighted by Gasteiger charge is 2.14. The highest BCUT2D eigenvalue weighted by molar-refractivity contribution is 5.61. The Morgan fingerprint density at radius 1 is 1.47 bits per heavy atom. The van der Waals surface area contributed by atoms with Gasteiger partial charge in [0.1, 0.15) is 0 Å². The number of aliphatic hydroxyl groups excluding tert-OH is 1. The maximum atomic E-state index is 10.7. The summed E-state index contributed by atoms with van der Waals surface area (Å²) in [6, 6.07) is 4.16. The summed E-state index contributed by atoms with van der Waals surface area (Å²) in [5.74, 6) is 0.209. The molecule has 6 nitrogen and oxygen atoms in total. The number of nitrogens with two attached hydrogens (primary N) is 1. The van der Waals surface area contributed by atoms with Crippen LogP contribution in [0.4, 0.5) is 17.1 Å². The first-order valence-electron chi connectivity index (χ1n) is 5.36. The fourth-order valence-electron chi connectivity index (χ4n) is 1.46. The molecule has 1 aromatic rings. The average molecular weight is 239 g/mol. The molecule has 0 heterocycles. The Labute approximate surface area is 99.6 Å². The van der Waals surface area contributed by atoms with Gasteiger partial charge in [0.05, 0.1) is 17.6 Å². The zero-order chi connectivity index (χ0) is 13.0. The maximum Gasteiger partial charge on any atom is 0.273 e. The van der Waals surface area contributed by atoms with Crippen LogP contribution in [0, 0.1) is 16.0 Å². The predicted molar refractivity (Wildman–Crippen MR) is 66.8 cm³/mol. The van der Waals surface area contributed by atoms with Crippen molar-refractivity contribution < 1.29 is 10.0 Å². The first kappa shape index (κ1) is 13.2. The van der Waals surface area contributed by atoms with E-state index in [-0.39, 0.29) is 24.3 Å². The summed E-state index contributed by atoms with van der Waals surface area (Å²) in [6.07, 6.45) is 0. The first-order valence-corrected chi connectivity index (χ1v) is 5.36. The van der Waals surface area contributed by atoms with Crippen LogP contribution in [-0.4, -0.2) is 22.7 Å². The number of non-ortho nitro benzene ring substituents is 1. The molecule has 0 aliphatic carbocycles. The van der Waals surface area contributed by atoms with Crippen LogP contribution in [0.1, 0.15) is 13.8 Å². The van der Waals surface area contributed by atoms with Gasteiger partial charge in [-0.2, -0.15) is 0 Å². The Morgan fingerprint density at radius 2 is 2.12 bits per heavy atom. The van der Waals surface area contributed by atoms with Crippen LogP contribution < -0.4 is 11.1 Å². The van der Waals surface area contributed by atoms with Gasteiger partial charge < -0.3 is 16.2 Å². The summed E-state index contributed by atoms with van der Waals surface area (Å²) in [7, 11) is 0. The molecule has 0 fully saturated rings. The molecule has 0 spiro atoms. The van der Waals surface area contributed by atoms with Gasteiger partial charge in [0, 0.05) is 23.5 Å². The molecule has 0 saturated heterocycles. The van der Waals surface area contributed by atoms with Crippen LogP contribution >= 0.6 is 0 Å². The van der Waals surface area contributed by atoms with Crippen LogP contribution in [0.15, 0.2) is 18.2 Å². The molecule has 0 bridgehead atoms. The summed E-state index contributed by atoms with van der Waals surface area (Å²) in [5, 5.41) is 22.9. The number of nitrogens with zero attached hydrogens (tertiary/aromatic N) is 1. The zero-order valence-corrected chi connectivity index (χ0v) is 9.88. The van der Waals surface area contributed by atoms with Crippen LogP contribution in [0.3, 0.4) is 0 Å². The average Bonchev–Trinajstić information content (AvgIpc) is 2.24. The number of anilines is 2. The standard InChI is InChI=1S/C11H17N3O3/c1-7(2)11(6-15)13-9-3-8(12)4-10(5-9)14(16)17/h3-5,7,11,13,15H,6,12H2,1-2H3/t11-/m1/s1. The monoisotopic (exact) mass is 239 g/mol. The summed E-state index contributed by atoms with van der Waals surface area (Å²) < 4.78 is 0. The number of benzene rings is 1. The number of nitro groups is 1. The fraction of sp³-hybridized carbons (Fsp3) is 0.455. The van der Waals surface area contributed by atoms with Crippen molar-refractivity contribution >= 4 is 17.1 Å². The molecule has 0 amide bonds. The lowest BCUT2D eigenvalue weighted by Gasteiger charge is -2.21. The molecule has 1 aromatic carbocycles. The first-order chi connectivity index (χ1) is 7.93. The topological polar surface area (TPSA) is 101 Å². The van der Waals surface area contributed by atoms with Crippen molar-refractivity contribution in [3.63, 3.8) is 0 Å². The van der Waals surface area contributed by atoms with Crippen LogP contribution in [-0.2, 0) is 0 Å². The molecular weight excluding hydrogens is 222 g/mol. The van der Waals surface area contributed by atoms with Gasteiger partial charge in [0.15, 0.2) is 0 Å². The lowest BCUT2D eigenvalue weighted by atomic mass is 10.0. The normalized spacial score (nSPS) is 12.5. The second-order valence-corrected chi connectivity index (χ2v) is 4.25. The largest absolute Gasteiger partial charge is 0.398 e. The van der Waals surface area contributed by atoms with Crippen LogP contribution in [0.2, 0.25) is 0 Å². The number of hydrogen-bond acceptors (Lipinski definition) is 5. The van der Waals surface area contributed by atoms with Crippen LogP contribution in [0.25, 0.3) is 0 Å². The Kier molecular flexibility index (Phi) is 4.28. The summed E-state index contributed by atoms with van der Waals surface area (Å²) in [4.78, 5) is 10.2. The summed E-state index contributed by atoms with van der Waals surface area (Å²) in [5.41, 5.74) is 6.39. The summed E-state index contributed by atoms with van der Waals surface area (Å²) in [6.45, 7) is 3.86. The van der Waals surface area contributed by atoms with E-state index in [0.29, 0.717) is 11.4 Å². The SMILES string of the molecule is CC(C)[C@@H](CO)Nc1cc(N)cc([N+](=O)[O-])c1. The van der Waals surface area contributed by atoms with Gasteiger partial charge in [-0.25, -0.2) is 0 Å². The molecule has 17 heavy (non-hydrogen) atoms. The lowest BCUT2D eigenvalue weighted by molar-refractivity contribution is -0.384. The molecule has 0 aromatic heterocycles. The van der Waals surface area contributed by atoms with Gasteiger partial charge >= 0.3 is 0 Å². The summed E-state index contributed by atoms with van der Waals surface area (Å²) >= 11 is 0. The Bertz CT molecular complexity index is 407. The van der Waals surface area contributed by atoms with E-state index in [1.807, 2.05) is 13.8 Å². The van der Waals surface area contributed by atoms with Crippen LogP contribution in [0.5, 0.6) is 0 Å². The van der Waals surface area contributed by atoms with Gasteiger partial charge in [0.2, 0.25) is 0 Å².